The van der Waals surface area contributed by atoms with Crippen molar-refractivity contribution in [1.82, 2.24) is 0 Å². The summed E-state index contributed by atoms with van der Waals surface area (Å²) in [6.45, 7) is 2.21. The zero-order chi connectivity index (χ0) is 17.3. The van der Waals surface area contributed by atoms with E-state index in [1.54, 1.807) is 31.2 Å². The van der Waals surface area contributed by atoms with Gasteiger partial charge >= 0.3 is 0 Å². The summed E-state index contributed by atoms with van der Waals surface area (Å²) in [7, 11) is -3.82. The van der Waals surface area contributed by atoms with Gasteiger partial charge in [0.1, 0.15) is 4.91 Å². The molecule has 3 rings (SSSR count). The van der Waals surface area contributed by atoms with Crippen LogP contribution in [0.2, 0.25) is 0 Å². The number of anilines is 1. The minimum atomic E-state index is -3.82. The minimum absolute atomic E-state index is 0.137. The van der Waals surface area contributed by atoms with E-state index < -0.39 is 15.7 Å². The first-order chi connectivity index (χ1) is 11.4. The van der Waals surface area contributed by atoms with Gasteiger partial charge in [-0.3, -0.25) is 4.79 Å². The van der Waals surface area contributed by atoms with Crippen LogP contribution in [-0.2, 0) is 14.6 Å². The highest BCUT2D eigenvalue weighted by Crippen LogP contribution is 2.29. The van der Waals surface area contributed by atoms with Gasteiger partial charge in [-0.25, -0.2) is 8.42 Å². The van der Waals surface area contributed by atoms with Crippen LogP contribution < -0.4 is 4.90 Å². The maximum Gasteiger partial charge on any atom is 0.269 e. The Morgan fingerprint density at radius 1 is 1.04 bits per heavy atom. The molecule has 6 heteroatoms. The molecule has 24 heavy (non-hydrogen) atoms. The van der Waals surface area contributed by atoms with Gasteiger partial charge in [0.2, 0.25) is 9.84 Å². The van der Waals surface area contributed by atoms with Gasteiger partial charge in [0.05, 0.1) is 4.90 Å². The lowest BCUT2D eigenvalue weighted by atomic mass is 10.2. The van der Waals surface area contributed by atoms with E-state index in [1.165, 1.54) is 11.0 Å². The lowest BCUT2D eigenvalue weighted by Crippen LogP contribution is -2.38. The molecule has 0 aliphatic carbocycles. The van der Waals surface area contributed by atoms with Crippen LogP contribution in [0.4, 0.5) is 5.69 Å². The number of nitrogens with zero attached hydrogens (tertiary/aromatic N) is 1. The molecular weight excluding hydrogens is 437 g/mol. The van der Waals surface area contributed by atoms with E-state index in [9.17, 15) is 13.2 Å². The molecule has 0 aromatic heterocycles. The van der Waals surface area contributed by atoms with Crippen molar-refractivity contribution in [3.63, 3.8) is 0 Å². The number of hydrogen-bond acceptors (Lipinski definition) is 3. The molecule has 0 atom stereocenters. The number of rotatable bonds is 3. The summed E-state index contributed by atoms with van der Waals surface area (Å²) in [5.74, 6) is -0.467. The summed E-state index contributed by atoms with van der Waals surface area (Å²) in [6.07, 6.45) is 2.05. The van der Waals surface area contributed by atoms with Crippen LogP contribution in [0, 0.1) is 10.5 Å². The van der Waals surface area contributed by atoms with Crippen molar-refractivity contribution in [2.24, 2.45) is 0 Å². The molecule has 124 valence electrons. The van der Waals surface area contributed by atoms with Crippen molar-refractivity contribution in [1.29, 1.82) is 0 Å². The van der Waals surface area contributed by atoms with Crippen LogP contribution >= 0.6 is 22.6 Å². The second-order valence-corrected chi connectivity index (χ2v) is 8.69. The number of hydrogen-bond donors (Lipinski definition) is 0. The van der Waals surface area contributed by atoms with Crippen LogP contribution in [-0.4, -0.2) is 20.9 Å². The standard InChI is InChI=1S/C18H16INO3S/c1-13-5-2-3-6-16(13)24(22,23)17-7-4-12-20(18(17)21)15-10-8-14(19)9-11-15/h2-3,5-11H,4,12H2,1H3. The quantitative estimate of drug-likeness (QED) is 0.667. The fraction of sp³-hybridized carbons (Fsp3) is 0.167. The smallest absolute Gasteiger partial charge is 0.269 e. The lowest BCUT2D eigenvalue weighted by Gasteiger charge is -2.27. The average Bonchev–Trinajstić information content (AvgIpc) is 2.56. The predicted molar refractivity (Wildman–Crippen MR) is 103 cm³/mol. The molecule has 0 unspecified atom stereocenters. The Labute approximate surface area is 155 Å². The number of carbonyl (C=O) groups excluding carboxylic acids is 1. The molecule has 1 amide bonds. The molecule has 1 aliphatic heterocycles. The zero-order valence-corrected chi connectivity index (χ0v) is 16.0. The Bertz CT molecular complexity index is 918. The Balaban J connectivity index is 2.00. The summed E-state index contributed by atoms with van der Waals surface area (Å²) >= 11 is 2.19. The molecular formula is C18H16INO3S. The highest BCUT2D eigenvalue weighted by Gasteiger charge is 2.34. The Kier molecular flexibility index (Phi) is 4.78. The molecule has 2 aromatic rings. The van der Waals surface area contributed by atoms with Crippen LogP contribution in [0.1, 0.15) is 12.0 Å². The molecule has 0 N–H and O–H groups in total. The second-order valence-electron chi connectivity index (χ2n) is 5.56. The third-order valence-corrected chi connectivity index (χ3v) is 6.63. The Morgan fingerprint density at radius 3 is 2.38 bits per heavy atom. The normalized spacial score (nSPS) is 15.3. The second kappa shape index (κ2) is 6.68. The first kappa shape index (κ1) is 17.2. The highest BCUT2D eigenvalue weighted by atomic mass is 127. The molecule has 2 aromatic carbocycles. The minimum Gasteiger partial charge on any atom is -0.307 e. The van der Waals surface area contributed by atoms with Crippen LogP contribution in [0.3, 0.4) is 0 Å². The molecule has 0 spiro atoms. The van der Waals surface area contributed by atoms with Crippen molar-refractivity contribution in [2.45, 2.75) is 18.2 Å². The number of halogens is 1. The monoisotopic (exact) mass is 453 g/mol. The van der Waals surface area contributed by atoms with E-state index in [0.717, 1.165) is 3.57 Å². The van der Waals surface area contributed by atoms with Gasteiger partial charge in [-0.1, -0.05) is 24.3 Å². The number of sulfone groups is 1. The Hall–Kier alpha value is -1.67. The van der Waals surface area contributed by atoms with Crippen molar-refractivity contribution in [2.75, 3.05) is 11.4 Å². The van der Waals surface area contributed by atoms with Gasteiger partial charge < -0.3 is 4.90 Å². The largest absolute Gasteiger partial charge is 0.307 e. The van der Waals surface area contributed by atoms with Crippen LogP contribution in [0.5, 0.6) is 0 Å². The maximum atomic E-state index is 12.9. The first-order valence-corrected chi connectivity index (χ1v) is 10.1. The van der Waals surface area contributed by atoms with Crippen molar-refractivity contribution < 1.29 is 13.2 Å². The summed E-state index contributed by atoms with van der Waals surface area (Å²) < 4.78 is 26.9. The van der Waals surface area contributed by atoms with Crippen molar-refractivity contribution in [3.05, 3.63) is 68.6 Å². The van der Waals surface area contributed by atoms with Crippen LogP contribution in [0.15, 0.2) is 64.4 Å². The van der Waals surface area contributed by atoms with Gasteiger partial charge in [-0.2, -0.15) is 0 Å². The molecule has 0 saturated carbocycles. The maximum absolute atomic E-state index is 12.9. The van der Waals surface area contributed by atoms with Gasteiger partial charge in [0.25, 0.3) is 5.91 Å². The van der Waals surface area contributed by atoms with E-state index in [-0.39, 0.29) is 9.80 Å². The van der Waals surface area contributed by atoms with Crippen LogP contribution in [0.25, 0.3) is 0 Å². The summed E-state index contributed by atoms with van der Waals surface area (Å²) in [5.41, 5.74) is 1.35. The first-order valence-electron chi connectivity index (χ1n) is 7.49. The molecule has 0 bridgehead atoms. The average molecular weight is 453 g/mol. The predicted octanol–water partition coefficient (Wildman–Crippen LogP) is 3.69. The molecule has 0 saturated heterocycles. The highest BCUT2D eigenvalue weighted by molar-refractivity contribution is 14.1. The van der Waals surface area contributed by atoms with E-state index in [2.05, 4.69) is 22.6 Å². The third-order valence-electron chi connectivity index (χ3n) is 3.95. The number of aryl methyl sites for hydroxylation is 1. The molecule has 0 fully saturated rings. The summed E-state index contributed by atoms with van der Waals surface area (Å²) in [6, 6.07) is 14.2. The molecule has 1 heterocycles. The van der Waals surface area contributed by atoms with E-state index in [0.29, 0.717) is 24.2 Å². The third kappa shape index (κ3) is 3.12. The fourth-order valence-electron chi connectivity index (χ4n) is 2.72. The molecule has 0 radical (unpaired) electrons. The van der Waals surface area contributed by atoms with Crippen molar-refractivity contribution >= 4 is 44.0 Å². The Morgan fingerprint density at radius 2 is 1.71 bits per heavy atom. The zero-order valence-electron chi connectivity index (χ0n) is 13.1. The number of carbonyl (C=O) groups is 1. The van der Waals surface area contributed by atoms with Gasteiger partial charge in [0.15, 0.2) is 0 Å². The topological polar surface area (TPSA) is 54.5 Å². The van der Waals surface area contributed by atoms with E-state index in [1.807, 2.05) is 24.3 Å². The molecule has 1 aliphatic rings. The van der Waals surface area contributed by atoms with Gasteiger partial charge in [0, 0.05) is 15.8 Å². The number of amides is 1. The van der Waals surface area contributed by atoms with E-state index in [4.69, 9.17) is 0 Å². The van der Waals surface area contributed by atoms with Gasteiger partial charge in [-0.15, -0.1) is 0 Å². The van der Waals surface area contributed by atoms with E-state index >= 15 is 0 Å². The fourth-order valence-corrected chi connectivity index (χ4v) is 4.74. The lowest BCUT2D eigenvalue weighted by molar-refractivity contribution is -0.114. The molecule has 4 nitrogen and oxygen atoms in total. The SMILES string of the molecule is Cc1ccccc1S(=O)(=O)C1=CCCN(c2ccc(I)cc2)C1=O. The van der Waals surface area contributed by atoms with Crippen molar-refractivity contribution in [3.8, 4) is 0 Å². The summed E-state index contributed by atoms with van der Waals surface area (Å²) in [4.78, 5) is 14.4. The van der Waals surface area contributed by atoms with Gasteiger partial charge in [-0.05, 0) is 71.8 Å². The number of benzene rings is 2. The summed E-state index contributed by atoms with van der Waals surface area (Å²) in [5, 5.41) is 0.